The van der Waals surface area contributed by atoms with Gasteiger partial charge in [-0.3, -0.25) is 4.79 Å². The van der Waals surface area contributed by atoms with Crippen LogP contribution in [0.4, 0.5) is 5.69 Å². The largest absolute Gasteiger partial charge is 0.496 e. The zero-order chi connectivity index (χ0) is 17.9. The van der Waals surface area contributed by atoms with E-state index in [9.17, 15) is 4.79 Å². The molecule has 0 heterocycles. The third-order valence-corrected chi connectivity index (χ3v) is 4.05. The van der Waals surface area contributed by atoms with Crippen molar-refractivity contribution in [2.45, 2.75) is 33.6 Å². The quantitative estimate of drug-likeness (QED) is 0.866. The second-order valence-corrected chi connectivity index (χ2v) is 6.22. The van der Waals surface area contributed by atoms with Gasteiger partial charge in [-0.1, -0.05) is 19.9 Å². The van der Waals surface area contributed by atoms with Gasteiger partial charge in [-0.2, -0.15) is 0 Å². The van der Waals surface area contributed by atoms with Crippen molar-refractivity contribution in [3.63, 3.8) is 0 Å². The zero-order valence-corrected chi connectivity index (χ0v) is 15.2. The number of rotatable bonds is 5. The standard InChI is InChI=1S/C20H25NO3/c1-12(2)15-11-16(14(4)10-19(15)24-6)20(22)21-17-9-13(3)7-8-18(17)23-5/h7-12H,1-6H3,(H,21,22). The van der Waals surface area contributed by atoms with Gasteiger partial charge in [0.25, 0.3) is 5.91 Å². The molecule has 4 nitrogen and oxygen atoms in total. The van der Waals surface area contributed by atoms with Crippen molar-refractivity contribution in [1.29, 1.82) is 0 Å². The van der Waals surface area contributed by atoms with Crippen LogP contribution in [0.25, 0.3) is 0 Å². The molecule has 128 valence electrons. The number of benzene rings is 2. The monoisotopic (exact) mass is 327 g/mol. The second-order valence-electron chi connectivity index (χ2n) is 6.22. The molecule has 0 saturated carbocycles. The zero-order valence-electron chi connectivity index (χ0n) is 15.2. The van der Waals surface area contributed by atoms with Crippen molar-refractivity contribution in [3.8, 4) is 11.5 Å². The summed E-state index contributed by atoms with van der Waals surface area (Å²) in [5, 5.41) is 2.96. The van der Waals surface area contributed by atoms with E-state index in [4.69, 9.17) is 9.47 Å². The first kappa shape index (κ1) is 17.9. The Balaban J connectivity index is 2.40. The van der Waals surface area contributed by atoms with Crippen molar-refractivity contribution in [3.05, 3.63) is 52.6 Å². The highest BCUT2D eigenvalue weighted by Crippen LogP contribution is 2.31. The summed E-state index contributed by atoms with van der Waals surface area (Å²) >= 11 is 0. The predicted octanol–water partition coefficient (Wildman–Crippen LogP) is 4.70. The van der Waals surface area contributed by atoms with Crippen molar-refractivity contribution >= 4 is 11.6 Å². The van der Waals surface area contributed by atoms with Gasteiger partial charge in [0.1, 0.15) is 11.5 Å². The van der Waals surface area contributed by atoms with Crippen molar-refractivity contribution in [2.75, 3.05) is 19.5 Å². The topological polar surface area (TPSA) is 47.6 Å². The number of aryl methyl sites for hydroxylation is 2. The molecule has 0 spiro atoms. The minimum Gasteiger partial charge on any atom is -0.496 e. The van der Waals surface area contributed by atoms with E-state index >= 15 is 0 Å². The van der Waals surface area contributed by atoms with E-state index in [1.54, 1.807) is 14.2 Å². The lowest BCUT2D eigenvalue weighted by atomic mass is 9.96. The summed E-state index contributed by atoms with van der Waals surface area (Å²) in [6.45, 7) is 8.05. The van der Waals surface area contributed by atoms with Crippen LogP contribution in [0.5, 0.6) is 11.5 Å². The van der Waals surface area contributed by atoms with Crippen LogP contribution in [0.15, 0.2) is 30.3 Å². The van der Waals surface area contributed by atoms with Gasteiger partial charge < -0.3 is 14.8 Å². The van der Waals surface area contributed by atoms with Crippen molar-refractivity contribution < 1.29 is 14.3 Å². The predicted molar refractivity (Wildman–Crippen MR) is 97.5 cm³/mol. The lowest BCUT2D eigenvalue weighted by molar-refractivity contribution is 0.102. The fourth-order valence-electron chi connectivity index (χ4n) is 2.68. The number of anilines is 1. The highest BCUT2D eigenvalue weighted by atomic mass is 16.5. The fourth-order valence-corrected chi connectivity index (χ4v) is 2.68. The van der Waals surface area contributed by atoms with Gasteiger partial charge in [0, 0.05) is 5.56 Å². The van der Waals surface area contributed by atoms with Crippen LogP contribution >= 0.6 is 0 Å². The second kappa shape index (κ2) is 7.39. The summed E-state index contributed by atoms with van der Waals surface area (Å²) in [6, 6.07) is 9.53. The summed E-state index contributed by atoms with van der Waals surface area (Å²) in [5.41, 5.74) is 4.26. The van der Waals surface area contributed by atoms with Crippen LogP contribution in [-0.4, -0.2) is 20.1 Å². The van der Waals surface area contributed by atoms with Crippen LogP contribution in [0.1, 0.15) is 46.8 Å². The highest BCUT2D eigenvalue weighted by Gasteiger charge is 2.17. The minimum absolute atomic E-state index is 0.152. The lowest BCUT2D eigenvalue weighted by Crippen LogP contribution is -2.15. The summed E-state index contributed by atoms with van der Waals surface area (Å²) in [4.78, 5) is 12.8. The molecule has 1 amide bonds. The maximum absolute atomic E-state index is 12.8. The maximum Gasteiger partial charge on any atom is 0.256 e. The van der Waals surface area contributed by atoms with E-state index < -0.39 is 0 Å². The van der Waals surface area contributed by atoms with Gasteiger partial charge in [0.2, 0.25) is 0 Å². The smallest absolute Gasteiger partial charge is 0.256 e. The van der Waals surface area contributed by atoms with E-state index in [0.717, 1.165) is 22.4 Å². The van der Waals surface area contributed by atoms with Gasteiger partial charge in [0.05, 0.1) is 19.9 Å². The summed E-state index contributed by atoms with van der Waals surface area (Å²) in [7, 11) is 3.24. The van der Waals surface area contributed by atoms with Crippen LogP contribution in [0.3, 0.4) is 0 Å². The Hall–Kier alpha value is -2.49. The average Bonchev–Trinajstić information content (AvgIpc) is 2.54. The van der Waals surface area contributed by atoms with E-state index in [-0.39, 0.29) is 11.8 Å². The van der Waals surface area contributed by atoms with Crippen LogP contribution in [-0.2, 0) is 0 Å². The van der Waals surface area contributed by atoms with Gasteiger partial charge in [-0.15, -0.1) is 0 Å². The Morgan fingerprint density at radius 1 is 1.00 bits per heavy atom. The van der Waals surface area contributed by atoms with Crippen LogP contribution in [0, 0.1) is 13.8 Å². The molecule has 1 N–H and O–H groups in total. The van der Waals surface area contributed by atoms with E-state index in [0.29, 0.717) is 17.0 Å². The molecule has 4 heteroatoms. The Kier molecular flexibility index (Phi) is 5.50. The fraction of sp³-hybridized carbons (Fsp3) is 0.350. The number of ether oxygens (including phenoxy) is 2. The molecular formula is C20H25NO3. The van der Waals surface area contributed by atoms with E-state index in [2.05, 4.69) is 19.2 Å². The molecule has 0 aliphatic carbocycles. The molecule has 0 saturated heterocycles. The Morgan fingerprint density at radius 2 is 1.67 bits per heavy atom. The van der Waals surface area contributed by atoms with Crippen LogP contribution in [0.2, 0.25) is 0 Å². The van der Waals surface area contributed by atoms with Crippen molar-refractivity contribution in [1.82, 2.24) is 0 Å². The molecule has 0 atom stereocenters. The maximum atomic E-state index is 12.8. The Bertz CT molecular complexity index is 751. The van der Waals surface area contributed by atoms with E-state index in [1.165, 1.54) is 0 Å². The summed E-state index contributed by atoms with van der Waals surface area (Å²) < 4.78 is 10.8. The SMILES string of the molecule is COc1ccc(C)cc1NC(=O)c1cc(C(C)C)c(OC)cc1C. The highest BCUT2D eigenvalue weighted by molar-refractivity contribution is 6.06. The van der Waals surface area contributed by atoms with E-state index in [1.807, 2.05) is 44.2 Å². The first-order valence-corrected chi connectivity index (χ1v) is 8.01. The Labute approximate surface area is 143 Å². The molecule has 2 aromatic carbocycles. The molecule has 0 aliphatic heterocycles. The summed E-state index contributed by atoms with van der Waals surface area (Å²) in [6.07, 6.45) is 0. The first-order chi connectivity index (χ1) is 11.4. The van der Waals surface area contributed by atoms with Gasteiger partial charge in [-0.05, 0) is 60.7 Å². The number of carbonyl (C=O) groups is 1. The number of amides is 1. The molecular weight excluding hydrogens is 302 g/mol. The molecule has 0 aromatic heterocycles. The van der Waals surface area contributed by atoms with Crippen LogP contribution < -0.4 is 14.8 Å². The van der Waals surface area contributed by atoms with Crippen molar-refractivity contribution in [2.24, 2.45) is 0 Å². The lowest BCUT2D eigenvalue weighted by Gasteiger charge is -2.17. The van der Waals surface area contributed by atoms with Gasteiger partial charge in [0.15, 0.2) is 0 Å². The molecule has 0 unspecified atom stereocenters. The number of carbonyl (C=O) groups excluding carboxylic acids is 1. The first-order valence-electron chi connectivity index (χ1n) is 8.01. The number of methoxy groups -OCH3 is 2. The molecule has 0 radical (unpaired) electrons. The molecule has 0 fully saturated rings. The molecule has 0 bridgehead atoms. The van der Waals surface area contributed by atoms with Gasteiger partial charge >= 0.3 is 0 Å². The minimum atomic E-state index is -0.152. The number of nitrogens with one attached hydrogen (secondary N) is 1. The Morgan fingerprint density at radius 3 is 2.25 bits per heavy atom. The van der Waals surface area contributed by atoms with Gasteiger partial charge in [-0.25, -0.2) is 0 Å². The summed E-state index contributed by atoms with van der Waals surface area (Å²) in [5.74, 6) is 1.57. The average molecular weight is 327 g/mol. The third-order valence-electron chi connectivity index (χ3n) is 4.05. The molecule has 0 aliphatic rings. The normalized spacial score (nSPS) is 10.6. The molecule has 24 heavy (non-hydrogen) atoms. The third kappa shape index (κ3) is 3.70. The molecule has 2 aromatic rings. The molecule has 2 rings (SSSR count). The number of hydrogen-bond acceptors (Lipinski definition) is 3. The number of hydrogen-bond donors (Lipinski definition) is 1.